The van der Waals surface area contributed by atoms with E-state index in [1.807, 2.05) is 30.3 Å². The fourth-order valence-corrected chi connectivity index (χ4v) is 2.85. The van der Waals surface area contributed by atoms with E-state index in [4.69, 9.17) is 10.5 Å². The third-order valence-corrected chi connectivity index (χ3v) is 4.48. The number of nitrogens with two attached hydrogens (primary N) is 1. The Balaban J connectivity index is 1.68. The first-order valence-electron chi connectivity index (χ1n) is 8.62. The molecule has 2 N–H and O–H groups in total. The minimum atomic E-state index is -4.59. The van der Waals surface area contributed by atoms with Crippen molar-refractivity contribution in [2.24, 2.45) is 15.9 Å². The second kappa shape index (κ2) is 9.88. The third kappa shape index (κ3) is 6.31. The van der Waals surface area contributed by atoms with Crippen molar-refractivity contribution in [2.75, 3.05) is 0 Å². The van der Waals surface area contributed by atoms with E-state index < -0.39 is 17.9 Å². The molecule has 0 atom stereocenters. The minimum absolute atomic E-state index is 0.228. The van der Waals surface area contributed by atoms with Crippen molar-refractivity contribution >= 4 is 23.1 Å². The first kappa shape index (κ1) is 21.3. The van der Waals surface area contributed by atoms with Gasteiger partial charge >= 0.3 is 12.2 Å². The Labute approximate surface area is 174 Å². The van der Waals surface area contributed by atoms with Crippen LogP contribution in [0.2, 0.25) is 0 Å². The Bertz CT molecular complexity index is 1040. The van der Waals surface area contributed by atoms with Crippen LogP contribution in [0.15, 0.2) is 77.1 Å². The molecule has 1 heterocycles. The lowest BCUT2D eigenvalue weighted by atomic mass is 10.2. The molecule has 2 aromatic carbocycles. The Morgan fingerprint density at radius 2 is 1.80 bits per heavy atom. The lowest BCUT2D eigenvalue weighted by Gasteiger charge is -2.09. The first-order chi connectivity index (χ1) is 14.4. The number of alkyl halides is 3. The molecule has 0 bridgehead atoms. The van der Waals surface area contributed by atoms with Crippen LogP contribution in [0.5, 0.6) is 11.8 Å². The minimum Gasteiger partial charge on any atom is -0.424 e. The van der Waals surface area contributed by atoms with Gasteiger partial charge in [-0.15, -0.1) is 5.10 Å². The summed E-state index contributed by atoms with van der Waals surface area (Å²) < 4.78 is 43.8. The average molecular weight is 431 g/mol. The summed E-state index contributed by atoms with van der Waals surface area (Å²) in [5, 5.41) is 8.12. The van der Waals surface area contributed by atoms with Gasteiger partial charge in [0, 0.05) is 17.5 Å². The highest BCUT2D eigenvalue weighted by atomic mass is 32.2. The molecule has 0 radical (unpaired) electrons. The molecule has 0 amide bonds. The fourth-order valence-electron chi connectivity index (χ4n) is 2.23. The van der Waals surface area contributed by atoms with E-state index in [2.05, 4.69) is 20.2 Å². The van der Waals surface area contributed by atoms with Crippen LogP contribution in [0.25, 0.3) is 0 Å². The van der Waals surface area contributed by atoms with Crippen LogP contribution in [-0.4, -0.2) is 21.4 Å². The van der Waals surface area contributed by atoms with Crippen LogP contribution >= 0.6 is 11.8 Å². The largest absolute Gasteiger partial charge is 0.433 e. The third-order valence-electron chi connectivity index (χ3n) is 3.63. The second-order valence-corrected chi connectivity index (χ2v) is 6.81. The standard InChI is InChI=1S/C20H16F3N5OS/c21-20(22,23)17-10-11-25-19(27-17)29-16-9-5-4-8-15(16)12-26-28-18(24)30-13-14-6-2-1-3-7-14/h1-12H,13H2,(H2,24,28). The zero-order valence-electron chi connectivity index (χ0n) is 15.5. The number of rotatable bonds is 6. The highest BCUT2D eigenvalue weighted by molar-refractivity contribution is 8.13. The molecule has 0 aliphatic carbocycles. The van der Waals surface area contributed by atoms with Gasteiger partial charge in [-0.1, -0.05) is 54.2 Å². The summed E-state index contributed by atoms with van der Waals surface area (Å²) in [5.74, 6) is 0.879. The number of hydrogen-bond donors (Lipinski definition) is 1. The van der Waals surface area contributed by atoms with Crippen LogP contribution in [0.1, 0.15) is 16.8 Å². The lowest BCUT2D eigenvalue weighted by molar-refractivity contribution is -0.141. The predicted octanol–water partition coefficient (Wildman–Crippen LogP) is 4.87. The molecule has 0 spiro atoms. The van der Waals surface area contributed by atoms with Crippen molar-refractivity contribution in [2.45, 2.75) is 11.9 Å². The monoisotopic (exact) mass is 431 g/mol. The first-order valence-corrected chi connectivity index (χ1v) is 9.61. The van der Waals surface area contributed by atoms with E-state index in [9.17, 15) is 13.2 Å². The molecule has 3 aromatic rings. The van der Waals surface area contributed by atoms with E-state index in [1.165, 1.54) is 18.0 Å². The molecule has 10 heteroatoms. The molecule has 0 fully saturated rings. The molecule has 6 nitrogen and oxygen atoms in total. The van der Waals surface area contributed by atoms with Gasteiger partial charge in [-0.05, 0) is 23.8 Å². The highest BCUT2D eigenvalue weighted by Crippen LogP contribution is 2.29. The smallest absolute Gasteiger partial charge is 0.424 e. The Morgan fingerprint density at radius 1 is 1.07 bits per heavy atom. The maximum absolute atomic E-state index is 12.8. The Kier molecular flexibility index (Phi) is 7.02. The number of amidine groups is 1. The van der Waals surface area contributed by atoms with Gasteiger partial charge in [0.25, 0.3) is 0 Å². The maximum Gasteiger partial charge on any atom is 0.433 e. The molecule has 0 unspecified atom stereocenters. The fraction of sp³-hybridized carbons (Fsp3) is 0.100. The molecule has 0 saturated carbocycles. The average Bonchev–Trinajstić information content (AvgIpc) is 2.74. The summed E-state index contributed by atoms with van der Waals surface area (Å²) in [6.45, 7) is 0. The highest BCUT2D eigenvalue weighted by Gasteiger charge is 2.33. The van der Waals surface area contributed by atoms with E-state index in [1.54, 1.807) is 24.3 Å². The van der Waals surface area contributed by atoms with Gasteiger partial charge in [-0.2, -0.15) is 23.3 Å². The molecule has 0 aliphatic heterocycles. The lowest BCUT2D eigenvalue weighted by Crippen LogP contribution is -2.09. The van der Waals surface area contributed by atoms with E-state index in [0.717, 1.165) is 17.8 Å². The van der Waals surface area contributed by atoms with Gasteiger partial charge in [0.15, 0.2) is 10.9 Å². The Morgan fingerprint density at radius 3 is 2.57 bits per heavy atom. The van der Waals surface area contributed by atoms with Gasteiger partial charge in [0.2, 0.25) is 0 Å². The van der Waals surface area contributed by atoms with Crippen LogP contribution in [0.4, 0.5) is 13.2 Å². The number of para-hydroxylation sites is 1. The molecular weight excluding hydrogens is 415 g/mol. The molecule has 1 aromatic heterocycles. The van der Waals surface area contributed by atoms with Crippen molar-refractivity contribution in [1.82, 2.24) is 9.97 Å². The zero-order chi connectivity index (χ0) is 21.4. The van der Waals surface area contributed by atoms with Crippen molar-refractivity contribution in [3.63, 3.8) is 0 Å². The van der Waals surface area contributed by atoms with E-state index in [0.29, 0.717) is 11.3 Å². The normalized spacial score (nSPS) is 12.3. The number of ether oxygens (including phenoxy) is 1. The topological polar surface area (TPSA) is 85.8 Å². The molecule has 0 aliphatic rings. The van der Waals surface area contributed by atoms with Crippen molar-refractivity contribution in [3.8, 4) is 11.8 Å². The second-order valence-electron chi connectivity index (χ2n) is 5.82. The summed E-state index contributed by atoms with van der Waals surface area (Å²) in [4.78, 5) is 7.11. The molecule has 30 heavy (non-hydrogen) atoms. The summed E-state index contributed by atoms with van der Waals surface area (Å²) in [7, 11) is 0. The molecule has 3 rings (SSSR count). The SMILES string of the molecule is NC(=NN=Cc1ccccc1Oc1nccc(C(F)(F)F)n1)SCc1ccccc1. The Hall–Kier alpha value is -3.40. The summed E-state index contributed by atoms with van der Waals surface area (Å²) in [6, 6.07) is 16.7. The molecule has 0 saturated heterocycles. The van der Waals surface area contributed by atoms with Gasteiger partial charge in [0.1, 0.15) is 5.75 Å². The number of hydrogen-bond acceptors (Lipinski definition) is 6. The number of aromatic nitrogens is 2. The van der Waals surface area contributed by atoms with Crippen molar-refractivity contribution in [1.29, 1.82) is 0 Å². The summed E-state index contributed by atoms with van der Waals surface area (Å²) in [6.07, 6.45) is -2.22. The maximum atomic E-state index is 12.8. The van der Waals surface area contributed by atoms with Crippen molar-refractivity contribution < 1.29 is 17.9 Å². The quantitative estimate of drug-likeness (QED) is 0.342. The summed E-state index contributed by atoms with van der Waals surface area (Å²) >= 11 is 1.33. The summed E-state index contributed by atoms with van der Waals surface area (Å²) in [5.41, 5.74) is 6.33. The zero-order valence-corrected chi connectivity index (χ0v) is 16.3. The van der Waals surface area contributed by atoms with Crippen LogP contribution < -0.4 is 10.5 Å². The van der Waals surface area contributed by atoms with Gasteiger partial charge in [-0.25, -0.2) is 4.98 Å². The van der Waals surface area contributed by atoms with Crippen LogP contribution in [0, 0.1) is 0 Å². The number of nitrogens with zero attached hydrogens (tertiary/aromatic N) is 4. The van der Waals surface area contributed by atoms with Crippen LogP contribution in [0.3, 0.4) is 0 Å². The van der Waals surface area contributed by atoms with Gasteiger partial charge in [-0.3, -0.25) is 0 Å². The van der Waals surface area contributed by atoms with E-state index >= 15 is 0 Å². The van der Waals surface area contributed by atoms with Crippen molar-refractivity contribution in [3.05, 3.63) is 83.7 Å². The number of halogens is 3. The van der Waals surface area contributed by atoms with Gasteiger partial charge < -0.3 is 10.5 Å². The number of benzene rings is 2. The number of thioether (sulfide) groups is 1. The van der Waals surface area contributed by atoms with E-state index in [-0.39, 0.29) is 10.9 Å². The predicted molar refractivity (Wildman–Crippen MR) is 111 cm³/mol. The molecular formula is C20H16F3N5OS. The van der Waals surface area contributed by atoms with Crippen LogP contribution in [-0.2, 0) is 11.9 Å². The van der Waals surface area contributed by atoms with Gasteiger partial charge in [0.05, 0.1) is 6.21 Å². The molecule has 154 valence electrons.